The highest BCUT2D eigenvalue weighted by atomic mass is 35.5. The maximum atomic E-state index is 11.9. The number of aromatic nitrogens is 1. The van der Waals surface area contributed by atoms with E-state index in [2.05, 4.69) is 20.6 Å². The minimum Gasteiger partial charge on any atom is -0.354 e. The normalized spacial score (nSPS) is 17.0. The molecule has 1 aliphatic rings. The molecule has 0 bridgehead atoms. The van der Waals surface area contributed by atoms with Crippen molar-refractivity contribution in [3.05, 3.63) is 11.1 Å². The van der Waals surface area contributed by atoms with Gasteiger partial charge in [0.15, 0.2) is 5.13 Å². The van der Waals surface area contributed by atoms with Crippen LogP contribution in [0, 0.1) is 5.92 Å². The Hall–Kier alpha value is -0.850. The van der Waals surface area contributed by atoms with Crippen molar-refractivity contribution >= 4 is 34.8 Å². The van der Waals surface area contributed by atoms with Crippen LogP contribution in [0.3, 0.4) is 0 Å². The van der Waals surface area contributed by atoms with Gasteiger partial charge in [0.1, 0.15) is 0 Å². The van der Waals surface area contributed by atoms with Crippen LogP contribution < -0.4 is 16.0 Å². The second kappa shape index (κ2) is 9.33. The predicted octanol–water partition coefficient (Wildman–Crippen LogP) is 2.20. The topological polar surface area (TPSA) is 71.2 Å². The molecule has 0 saturated carbocycles. The zero-order valence-corrected chi connectivity index (χ0v) is 15.0. The van der Waals surface area contributed by atoms with E-state index in [1.54, 1.807) is 11.3 Å². The highest BCUT2D eigenvalue weighted by Gasteiger charge is 2.19. The van der Waals surface area contributed by atoms with Gasteiger partial charge in [0.25, 0.3) is 0 Å². The molecule has 22 heavy (non-hydrogen) atoms. The van der Waals surface area contributed by atoms with Gasteiger partial charge in [-0.15, -0.1) is 23.7 Å². The molecule has 5 nitrogen and oxygen atoms in total. The van der Waals surface area contributed by atoms with Crippen molar-refractivity contribution in [1.82, 2.24) is 10.3 Å². The van der Waals surface area contributed by atoms with Gasteiger partial charge >= 0.3 is 0 Å². The molecule has 1 aliphatic heterocycles. The molecule has 7 heteroatoms. The zero-order valence-electron chi connectivity index (χ0n) is 13.4. The van der Waals surface area contributed by atoms with Gasteiger partial charge in [0, 0.05) is 31.4 Å². The van der Waals surface area contributed by atoms with E-state index in [0.29, 0.717) is 6.54 Å². The Labute approximate surface area is 143 Å². The molecule has 2 heterocycles. The molecule has 0 aliphatic carbocycles. The Balaban J connectivity index is 0.00000242. The monoisotopic (exact) mass is 346 g/mol. The Kier molecular flexibility index (Phi) is 8.14. The molecule has 1 aromatic rings. The van der Waals surface area contributed by atoms with E-state index in [0.717, 1.165) is 36.8 Å². The van der Waals surface area contributed by atoms with Crippen molar-refractivity contribution in [3.8, 4) is 0 Å². The molecule has 0 spiro atoms. The Bertz CT molecular complexity index is 462. The van der Waals surface area contributed by atoms with Crippen LogP contribution >= 0.6 is 23.7 Å². The fourth-order valence-electron chi connectivity index (χ4n) is 2.41. The summed E-state index contributed by atoms with van der Waals surface area (Å²) < 4.78 is 0. The summed E-state index contributed by atoms with van der Waals surface area (Å²) in [5.41, 5.74) is 6.96. The summed E-state index contributed by atoms with van der Waals surface area (Å²) in [6.45, 7) is 6.90. The first-order chi connectivity index (χ1) is 10.1. The summed E-state index contributed by atoms with van der Waals surface area (Å²) >= 11 is 1.70. The first-order valence-electron chi connectivity index (χ1n) is 7.84. The summed E-state index contributed by atoms with van der Waals surface area (Å²) in [6, 6.07) is -0.411. The number of carbonyl (C=O) groups is 1. The van der Waals surface area contributed by atoms with Gasteiger partial charge in [-0.1, -0.05) is 20.3 Å². The predicted molar refractivity (Wildman–Crippen MR) is 95.0 cm³/mol. The SMILES string of the molecule is CCC(C)C(N)C(=O)NCCc1csc(N2CCCC2)n1.Cl. The number of hydrogen-bond acceptors (Lipinski definition) is 5. The van der Waals surface area contributed by atoms with Crippen LogP contribution in [0.2, 0.25) is 0 Å². The second-order valence-electron chi connectivity index (χ2n) is 5.77. The van der Waals surface area contributed by atoms with Gasteiger partial charge in [0.05, 0.1) is 11.7 Å². The summed E-state index contributed by atoms with van der Waals surface area (Å²) in [6.07, 6.45) is 4.21. The van der Waals surface area contributed by atoms with Crippen molar-refractivity contribution in [3.63, 3.8) is 0 Å². The molecule has 0 aromatic carbocycles. The standard InChI is InChI=1S/C15H26N4OS.ClH/c1-3-11(2)13(16)14(20)17-7-6-12-10-21-15(18-12)19-8-4-5-9-19;/h10-11,13H,3-9,16H2,1-2H3,(H,17,20);1H. The van der Waals surface area contributed by atoms with E-state index < -0.39 is 6.04 Å². The fraction of sp³-hybridized carbons (Fsp3) is 0.733. The number of rotatable bonds is 7. The first-order valence-corrected chi connectivity index (χ1v) is 8.72. The van der Waals surface area contributed by atoms with Crippen molar-refractivity contribution in [2.75, 3.05) is 24.5 Å². The van der Waals surface area contributed by atoms with Crippen LogP contribution in [0.1, 0.15) is 38.8 Å². The number of halogens is 1. The van der Waals surface area contributed by atoms with Crippen LogP contribution in [0.5, 0.6) is 0 Å². The van der Waals surface area contributed by atoms with E-state index >= 15 is 0 Å². The van der Waals surface area contributed by atoms with Gasteiger partial charge in [-0.25, -0.2) is 4.98 Å². The molecule has 2 rings (SSSR count). The summed E-state index contributed by atoms with van der Waals surface area (Å²) in [4.78, 5) is 18.9. The summed E-state index contributed by atoms with van der Waals surface area (Å²) in [7, 11) is 0. The van der Waals surface area contributed by atoms with Crippen LogP contribution in [-0.4, -0.2) is 36.6 Å². The van der Waals surface area contributed by atoms with Gasteiger partial charge in [-0.3, -0.25) is 4.79 Å². The minimum atomic E-state index is -0.411. The van der Waals surface area contributed by atoms with E-state index in [9.17, 15) is 4.79 Å². The highest BCUT2D eigenvalue weighted by molar-refractivity contribution is 7.13. The van der Waals surface area contributed by atoms with Gasteiger partial charge < -0.3 is 16.0 Å². The number of carbonyl (C=O) groups excluding carboxylic acids is 1. The van der Waals surface area contributed by atoms with Crippen LogP contribution in [0.4, 0.5) is 5.13 Å². The average Bonchev–Trinajstić information content (AvgIpc) is 3.16. The van der Waals surface area contributed by atoms with E-state index in [1.165, 1.54) is 12.8 Å². The Morgan fingerprint density at radius 2 is 2.18 bits per heavy atom. The third-order valence-electron chi connectivity index (χ3n) is 4.16. The van der Waals surface area contributed by atoms with Crippen LogP contribution in [0.25, 0.3) is 0 Å². The highest BCUT2D eigenvalue weighted by Crippen LogP contribution is 2.24. The van der Waals surface area contributed by atoms with E-state index in [-0.39, 0.29) is 24.2 Å². The third-order valence-corrected chi connectivity index (χ3v) is 5.11. The summed E-state index contributed by atoms with van der Waals surface area (Å²) in [5.74, 6) is 0.158. The number of nitrogens with one attached hydrogen (secondary N) is 1. The van der Waals surface area contributed by atoms with Crippen LogP contribution in [0.15, 0.2) is 5.38 Å². The smallest absolute Gasteiger partial charge is 0.237 e. The van der Waals surface area contributed by atoms with Crippen molar-refractivity contribution in [2.45, 2.75) is 45.6 Å². The molecule has 1 fully saturated rings. The van der Waals surface area contributed by atoms with Gasteiger partial charge in [-0.05, 0) is 18.8 Å². The van der Waals surface area contributed by atoms with Crippen molar-refractivity contribution in [1.29, 1.82) is 0 Å². The molecule has 3 N–H and O–H groups in total. The number of nitrogens with zero attached hydrogens (tertiary/aromatic N) is 2. The molecule has 126 valence electrons. The molecular weight excluding hydrogens is 320 g/mol. The molecular formula is C15H27ClN4OS. The lowest BCUT2D eigenvalue weighted by atomic mass is 9.99. The first kappa shape index (κ1) is 19.2. The second-order valence-corrected chi connectivity index (χ2v) is 6.60. The summed E-state index contributed by atoms with van der Waals surface area (Å²) in [5, 5.41) is 6.12. The lowest BCUT2D eigenvalue weighted by Crippen LogP contribution is -2.45. The van der Waals surface area contributed by atoms with Gasteiger partial charge in [0.2, 0.25) is 5.91 Å². The lowest BCUT2D eigenvalue weighted by molar-refractivity contribution is -0.123. The largest absolute Gasteiger partial charge is 0.354 e. The fourth-order valence-corrected chi connectivity index (χ4v) is 3.32. The maximum Gasteiger partial charge on any atom is 0.237 e. The van der Waals surface area contributed by atoms with Crippen LogP contribution in [-0.2, 0) is 11.2 Å². The molecule has 1 amide bonds. The molecule has 2 unspecified atom stereocenters. The lowest BCUT2D eigenvalue weighted by Gasteiger charge is -2.17. The Morgan fingerprint density at radius 1 is 1.50 bits per heavy atom. The van der Waals surface area contributed by atoms with E-state index in [1.807, 2.05) is 13.8 Å². The number of anilines is 1. The van der Waals surface area contributed by atoms with Gasteiger partial charge in [-0.2, -0.15) is 0 Å². The molecule has 2 atom stereocenters. The average molecular weight is 347 g/mol. The van der Waals surface area contributed by atoms with Crippen molar-refractivity contribution in [2.24, 2.45) is 11.7 Å². The third kappa shape index (κ3) is 5.11. The maximum absolute atomic E-state index is 11.9. The molecule has 1 aromatic heterocycles. The number of hydrogen-bond donors (Lipinski definition) is 2. The number of amides is 1. The zero-order chi connectivity index (χ0) is 15.2. The Morgan fingerprint density at radius 3 is 2.82 bits per heavy atom. The van der Waals surface area contributed by atoms with Crippen molar-refractivity contribution < 1.29 is 4.79 Å². The molecule has 0 radical (unpaired) electrons. The number of thiazole rings is 1. The quantitative estimate of drug-likeness (QED) is 0.794. The molecule has 1 saturated heterocycles. The minimum absolute atomic E-state index is 0. The van der Waals surface area contributed by atoms with E-state index in [4.69, 9.17) is 5.73 Å². The number of nitrogens with two attached hydrogens (primary N) is 1.